The molecule has 1 saturated heterocycles. The lowest BCUT2D eigenvalue weighted by Crippen LogP contribution is -2.41. The zero-order valence-electron chi connectivity index (χ0n) is 9.76. The van der Waals surface area contributed by atoms with Crippen LogP contribution in [0.3, 0.4) is 0 Å². The molecule has 0 aromatic rings. The van der Waals surface area contributed by atoms with Gasteiger partial charge in [0, 0.05) is 5.92 Å². The molecule has 3 aliphatic rings. The van der Waals surface area contributed by atoms with Crippen LogP contribution >= 0.6 is 46.4 Å². The first-order valence-corrected chi connectivity index (χ1v) is 7.48. The van der Waals surface area contributed by atoms with Crippen molar-refractivity contribution < 1.29 is 9.53 Å². The molecule has 6 heteroatoms. The van der Waals surface area contributed by atoms with Crippen molar-refractivity contribution in [1.29, 1.82) is 0 Å². The van der Waals surface area contributed by atoms with Gasteiger partial charge in [-0.3, -0.25) is 4.79 Å². The Balaban J connectivity index is 2.20. The second-order valence-corrected chi connectivity index (χ2v) is 6.43. The maximum absolute atomic E-state index is 11.8. The number of hydrogen-bond donors (Lipinski definition) is 0. The summed E-state index contributed by atoms with van der Waals surface area (Å²) < 4.78 is 5.89. The highest BCUT2D eigenvalue weighted by atomic mass is 35.5. The van der Waals surface area contributed by atoms with E-state index in [-0.39, 0.29) is 26.0 Å². The Kier molecular flexibility index (Phi) is 3.52. The third-order valence-corrected chi connectivity index (χ3v) is 5.84. The van der Waals surface area contributed by atoms with Gasteiger partial charge in [0.1, 0.15) is 15.7 Å². The summed E-state index contributed by atoms with van der Waals surface area (Å²) in [6.45, 7) is 0.532. The summed E-state index contributed by atoms with van der Waals surface area (Å²) in [6, 6.07) is 0. The van der Waals surface area contributed by atoms with E-state index in [1.807, 2.05) is 6.08 Å². The second kappa shape index (κ2) is 4.78. The molecule has 1 spiro atoms. The molecule has 0 saturated carbocycles. The predicted octanol–water partition coefficient (Wildman–Crippen LogP) is 4.30. The Morgan fingerprint density at radius 2 is 1.79 bits per heavy atom. The van der Waals surface area contributed by atoms with Gasteiger partial charge in [0.25, 0.3) is 0 Å². The van der Waals surface area contributed by atoms with Crippen LogP contribution in [0.5, 0.6) is 0 Å². The van der Waals surface area contributed by atoms with Crippen molar-refractivity contribution >= 4 is 52.2 Å². The van der Waals surface area contributed by atoms with Crippen LogP contribution in [-0.2, 0) is 9.53 Å². The molecule has 2 atom stereocenters. The van der Waals surface area contributed by atoms with E-state index in [0.717, 1.165) is 12.8 Å². The molecule has 0 radical (unpaired) electrons. The number of ether oxygens (including phenoxy) is 1. The zero-order chi connectivity index (χ0) is 13.8. The number of carbonyl (C=O) groups excluding carboxylic acids is 1. The first-order valence-electron chi connectivity index (χ1n) is 5.97. The highest BCUT2D eigenvalue weighted by Crippen LogP contribution is 2.56. The van der Waals surface area contributed by atoms with Gasteiger partial charge in [0.05, 0.1) is 16.7 Å². The minimum atomic E-state index is -1.08. The van der Waals surface area contributed by atoms with Crippen LogP contribution in [0.2, 0.25) is 0 Å². The topological polar surface area (TPSA) is 26.3 Å². The summed E-state index contributed by atoms with van der Waals surface area (Å²) in [5, 5.41) is 0.0895. The highest BCUT2D eigenvalue weighted by Gasteiger charge is 2.57. The number of hydrogen-bond acceptors (Lipinski definition) is 2. The van der Waals surface area contributed by atoms with E-state index in [2.05, 4.69) is 6.08 Å². The number of halogens is 4. The molecule has 0 amide bonds. The second-order valence-electron chi connectivity index (χ2n) is 4.92. The van der Waals surface area contributed by atoms with Gasteiger partial charge < -0.3 is 4.74 Å². The van der Waals surface area contributed by atoms with E-state index in [1.54, 1.807) is 0 Å². The van der Waals surface area contributed by atoms with Crippen LogP contribution in [0.4, 0.5) is 0 Å². The first-order chi connectivity index (χ1) is 9.00. The fourth-order valence-electron chi connectivity index (χ4n) is 3.02. The standard InChI is InChI=1S/C13H10Cl4O2/c14-8-10(18)9(15)12(17)13(11(8)16)7-4-2-1-3-6(7)5-19-13/h2,4,6-7H,1,3,5H2/t6-,7-/m0/s1. The van der Waals surface area contributed by atoms with E-state index in [9.17, 15) is 4.79 Å². The summed E-state index contributed by atoms with van der Waals surface area (Å²) in [4.78, 5) is 11.8. The molecule has 0 aromatic carbocycles. The molecule has 2 nitrogen and oxygen atoms in total. The van der Waals surface area contributed by atoms with Crippen LogP contribution in [-0.4, -0.2) is 18.0 Å². The van der Waals surface area contributed by atoms with E-state index >= 15 is 0 Å². The molecule has 0 bridgehead atoms. The van der Waals surface area contributed by atoms with Crippen molar-refractivity contribution in [3.05, 3.63) is 32.3 Å². The van der Waals surface area contributed by atoms with Crippen molar-refractivity contribution in [2.24, 2.45) is 11.8 Å². The Morgan fingerprint density at radius 1 is 1.16 bits per heavy atom. The summed E-state index contributed by atoms with van der Waals surface area (Å²) >= 11 is 24.6. The number of allylic oxidation sites excluding steroid dienone is 3. The quantitative estimate of drug-likeness (QED) is 0.615. The van der Waals surface area contributed by atoms with Crippen LogP contribution in [0.15, 0.2) is 32.3 Å². The van der Waals surface area contributed by atoms with Gasteiger partial charge >= 0.3 is 0 Å². The van der Waals surface area contributed by atoms with Crippen molar-refractivity contribution in [2.45, 2.75) is 18.4 Å². The molecule has 1 fully saturated rings. The van der Waals surface area contributed by atoms with Crippen molar-refractivity contribution in [2.75, 3.05) is 6.61 Å². The minimum Gasteiger partial charge on any atom is -0.363 e. The normalized spacial score (nSPS) is 33.4. The lowest BCUT2D eigenvalue weighted by molar-refractivity contribution is -0.111. The van der Waals surface area contributed by atoms with Crippen LogP contribution in [0.1, 0.15) is 12.8 Å². The van der Waals surface area contributed by atoms with Crippen molar-refractivity contribution in [3.63, 3.8) is 0 Å². The SMILES string of the molecule is O=C1C(Cl)=C(Cl)C2(OC[C@@H]3CCC=C[C@@H]32)C(Cl)=C1Cl. The lowest BCUT2D eigenvalue weighted by atomic mass is 9.74. The number of fused-ring (bicyclic) bond motifs is 2. The van der Waals surface area contributed by atoms with Crippen LogP contribution in [0.25, 0.3) is 0 Å². The van der Waals surface area contributed by atoms with Gasteiger partial charge in [-0.05, 0) is 18.8 Å². The average molecular weight is 340 g/mol. The van der Waals surface area contributed by atoms with Crippen molar-refractivity contribution in [3.8, 4) is 0 Å². The average Bonchev–Trinajstić information content (AvgIpc) is 2.82. The third-order valence-electron chi connectivity index (χ3n) is 3.99. The number of Topliss-reactive ketones (excluding diaryl/α,β-unsaturated/α-hetero) is 1. The summed E-state index contributed by atoms with van der Waals surface area (Å²) in [7, 11) is 0. The van der Waals surface area contributed by atoms with Crippen molar-refractivity contribution in [1.82, 2.24) is 0 Å². The molecule has 0 aromatic heterocycles. The maximum Gasteiger partial charge on any atom is 0.218 e. The van der Waals surface area contributed by atoms with E-state index in [1.165, 1.54) is 0 Å². The largest absolute Gasteiger partial charge is 0.363 e. The predicted molar refractivity (Wildman–Crippen MR) is 76.5 cm³/mol. The van der Waals surface area contributed by atoms with Gasteiger partial charge in [-0.1, -0.05) is 58.6 Å². The summed E-state index contributed by atoms with van der Waals surface area (Å²) in [5.74, 6) is -0.262. The van der Waals surface area contributed by atoms with E-state index in [0.29, 0.717) is 12.5 Å². The Hall–Kier alpha value is 0.01000. The lowest BCUT2D eigenvalue weighted by Gasteiger charge is -2.37. The monoisotopic (exact) mass is 338 g/mol. The smallest absolute Gasteiger partial charge is 0.218 e. The number of rotatable bonds is 0. The fraction of sp³-hybridized carbons (Fsp3) is 0.462. The third kappa shape index (κ3) is 1.77. The molecular formula is C13H10Cl4O2. The Bertz CT molecular complexity index is 519. The minimum absolute atomic E-state index is 0.0307. The molecular weight excluding hydrogens is 330 g/mol. The Labute approximate surface area is 131 Å². The molecule has 19 heavy (non-hydrogen) atoms. The maximum atomic E-state index is 11.8. The van der Waals surface area contributed by atoms with Crippen LogP contribution in [0, 0.1) is 11.8 Å². The first kappa shape index (κ1) is 14.0. The van der Waals surface area contributed by atoms with Gasteiger partial charge in [0.2, 0.25) is 5.78 Å². The molecule has 0 unspecified atom stereocenters. The van der Waals surface area contributed by atoms with E-state index in [4.69, 9.17) is 51.1 Å². The zero-order valence-corrected chi connectivity index (χ0v) is 12.8. The fourth-order valence-corrected chi connectivity index (χ4v) is 4.30. The molecule has 1 heterocycles. The van der Waals surface area contributed by atoms with E-state index < -0.39 is 11.4 Å². The number of carbonyl (C=O) groups is 1. The van der Waals surface area contributed by atoms with Crippen LogP contribution < -0.4 is 0 Å². The molecule has 102 valence electrons. The van der Waals surface area contributed by atoms with Gasteiger partial charge in [-0.2, -0.15) is 0 Å². The summed E-state index contributed by atoms with van der Waals surface area (Å²) in [5.41, 5.74) is -1.08. The summed E-state index contributed by atoms with van der Waals surface area (Å²) in [6.07, 6.45) is 6.12. The Morgan fingerprint density at radius 3 is 2.42 bits per heavy atom. The van der Waals surface area contributed by atoms with Gasteiger partial charge in [0.15, 0.2) is 0 Å². The molecule has 3 rings (SSSR count). The van der Waals surface area contributed by atoms with Gasteiger partial charge in [-0.25, -0.2) is 0 Å². The molecule has 1 aliphatic heterocycles. The van der Waals surface area contributed by atoms with Gasteiger partial charge in [-0.15, -0.1) is 0 Å². The molecule has 2 aliphatic carbocycles. The molecule has 0 N–H and O–H groups in total. The number of ketones is 1. The highest BCUT2D eigenvalue weighted by molar-refractivity contribution is 6.61.